The van der Waals surface area contributed by atoms with Gasteiger partial charge in [0.15, 0.2) is 0 Å². The molecule has 1 amide bonds. The molecule has 2 aromatic rings. The maximum absolute atomic E-state index is 12.8. The summed E-state index contributed by atoms with van der Waals surface area (Å²) in [7, 11) is 0. The van der Waals surface area contributed by atoms with E-state index in [-0.39, 0.29) is 22.9 Å². The number of carbonyl (C=O) groups is 1. The second kappa shape index (κ2) is 19.2. The Morgan fingerprint density at radius 3 is 2.11 bits per heavy atom. The monoisotopic (exact) mass is 588 g/mol. The number of benzene rings is 2. The fraction of sp³-hybridized carbons (Fsp3) is 0.516. The van der Waals surface area contributed by atoms with Crippen molar-refractivity contribution >= 4 is 40.3 Å². The molecule has 0 saturated carbocycles. The molecule has 0 unspecified atom stereocenters. The zero-order valence-corrected chi connectivity index (χ0v) is 25.0. The maximum Gasteiger partial charge on any atom is 0.255 e. The Hall–Kier alpha value is -1.92. The number of rotatable bonds is 18. The number of halogens is 1. The Balaban J connectivity index is 0.00000481. The molecule has 0 radical (unpaired) electrons. The summed E-state index contributed by atoms with van der Waals surface area (Å²) < 4.78 is 6.03. The first-order valence-corrected chi connectivity index (χ1v) is 15.0. The molecule has 0 aromatic heterocycles. The number of ether oxygens (including phenoxy) is 1. The lowest BCUT2D eigenvalue weighted by molar-refractivity contribution is 0.102. The van der Waals surface area contributed by atoms with Gasteiger partial charge in [0, 0.05) is 18.3 Å². The number of thioether (sulfide) groups is 1. The van der Waals surface area contributed by atoms with E-state index in [2.05, 4.69) is 28.7 Å². The lowest BCUT2D eigenvalue weighted by Crippen LogP contribution is -2.14. The number of nitrogens with one attached hydrogen (secondary N) is 1. The van der Waals surface area contributed by atoms with E-state index in [4.69, 9.17) is 4.74 Å². The maximum atomic E-state index is 12.8. The molecule has 0 aliphatic carbocycles. The summed E-state index contributed by atoms with van der Waals surface area (Å²) in [6.45, 7) is 3.82. The van der Waals surface area contributed by atoms with Crippen LogP contribution in [0.25, 0.3) is 0 Å². The minimum atomic E-state index is -0.111. The lowest BCUT2D eigenvalue weighted by atomic mass is 10.1. The first-order chi connectivity index (χ1) is 17.8. The predicted molar refractivity (Wildman–Crippen MR) is 165 cm³/mol. The third kappa shape index (κ3) is 12.4. The molecule has 204 valence electrons. The number of para-hydroxylation sites is 2. The molecule has 0 saturated heterocycles. The molecule has 0 atom stereocenters. The van der Waals surface area contributed by atoms with E-state index in [1.54, 1.807) is 11.8 Å². The molecule has 2 aromatic carbocycles. The van der Waals surface area contributed by atoms with Gasteiger partial charge in [-0.05, 0) is 41.7 Å². The van der Waals surface area contributed by atoms with Gasteiger partial charge in [0.05, 0.1) is 18.2 Å². The van der Waals surface area contributed by atoms with E-state index in [0.717, 1.165) is 30.3 Å². The van der Waals surface area contributed by atoms with Crippen molar-refractivity contribution in [1.82, 2.24) is 4.90 Å². The summed E-state index contributed by atoms with van der Waals surface area (Å²) in [6, 6.07) is 15.6. The average molecular weight is 590 g/mol. The molecule has 1 heterocycles. The van der Waals surface area contributed by atoms with Crippen LogP contribution in [0, 0.1) is 0 Å². The van der Waals surface area contributed by atoms with Crippen molar-refractivity contribution in [2.45, 2.75) is 90.5 Å². The zero-order chi connectivity index (χ0) is 25.3. The highest BCUT2D eigenvalue weighted by Gasteiger charge is 2.11. The van der Waals surface area contributed by atoms with Crippen molar-refractivity contribution < 1.29 is 9.53 Å². The number of hydrogen-bond donors (Lipinski definition) is 1. The summed E-state index contributed by atoms with van der Waals surface area (Å²) >= 11 is 1.80. The summed E-state index contributed by atoms with van der Waals surface area (Å²) in [5.41, 5.74) is 2.58. The molecule has 6 heteroatoms. The zero-order valence-electron chi connectivity index (χ0n) is 22.5. The highest BCUT2D eigenvalue weighted by atomic mass is 79.9. The third-order valence-corrected chi connectivity index (χ3v) is 7.40. The van der Waals surface area contributed by atoms with Crippen molar-refractivity contribution in [2.75, 3.05) is 17.8 Å². The summed E-state index contributed by atoms with van der Waals surface area (Å²) in [4.78, 5) is 15.1. The molecule has 3 rings (SSSR count). The van der Waals surface area contributed by atoms with Gasteiger partial charge in [0.1, 0.15) is 5.75 Å². The molecular formula is C31H45BrN2O2S. The fourth-order valence-corrected chi connectivity index (χ4v) is 5.13. The molecule has 0 spiro atoms. The van der Waals surface area contributed by atoms with Crippen LogP contribution >= 0.6 is 28.7 Å². The Kier molecular flexibility index (Phi) is 16.2. The van der Waals surface area contributed by atoms with Gasteiger partial charge >= 0.3 is 0 Å². The second-order valence-electron chi connectivity index (χ2n) is 9.71. The van der Waals surface area contributed by atoms with Crippen molar-refractivity contribution in [3.8, 4) is 5.75 Å². The number of hydrogen-bond acceptors (Lipinski definition) is 4. The SMILES string of the molecule is Br.CCCCCCCCCCCCCCOc1ccccc1NC(=O)c1ccc(CN2C=CSC2)cc1. The minimum absolute atomic E-state index is 0. The van der Waals surface area contributed by atoms with E-state index in [0.29, 0.717) is 12.2 Å². The van der Waals surface area contributed by atoms with Gasteiger partial charge in [-0.1, -0.05) is 102 Å². The standard InChI is InChI=1S/C31H44N2O2S.BrH/c1-2-3-4-5-6-7-8-9-10-11-12-15-23-35-30-17-14-13-16-29(30)32-31(34)28-20-18-27(19-21-28)25-33-22-24-36-26-33;/h13-14,16-22,24H,2-12,15,23,25-26H2,1H3,(H,32,34);1H. The number of amides is 1. The second-order valence-corrected chi connectivity index (χ2v) is 10.6. The smallest absolute Gasteiger partial charge is 0.255 e. The van der Waals surface area contributed by atoms with Crippen LogP contribution < -0.4 is 10.1 Å². The van der Waals surface area contributed by atoms with Crippen molar-refractivity contribution in [3.05, 3.63) is 71.3 Å². The number of carbonyl (C=O) groups excluding carboxylic acids is 1. The van der Waals surface area contributed by atoms with Crippen LogP contribution in [-0.4, -0.2) is 23.3 Å². The summed E-state index contributed by atoms with van der Waals surface area (Å²) in [6.07, 6.45) is 18.1. The van der Waals surface area contributed by atoms with Crippen LogP contribution in [0.1, 0.15) is 99.9 Å². The van der Waals surface area contributed by atoms with E-state index in [1.165, 1.54) is 76.2 Å². The van der Waals surface area contributed by atoms with Gasteiger partial charge in [-0.15, -0.1) is 28.7 Å². The molecule has 1 aliphatic rings. The van der Waals surface area contributed by atoms with Crippen LogP contribution in [0.2, 0.25) is 0 Å². The van der Waals surface area contributed by atoms with Crippen molar-refractivity contribution in [3.63, 3.8) is 0 Å². The normalized spacial score (nSPS) is 12.4. The van der Waals surface area contributed by atoms with Gasteiger partial charge < -0.3 is 15.0 Å². The fourth-order valence-electron chi connectivity index (χ4n) is 4.42. The molecule has 0 bridgehead atoms. The molecule has 0 fully saturated rings. The van der Waals surface area contributed by atoms with Gasteiger partial charge in [-0.25, -0.2) is 0 Å². The van der Waals surface area contributed by atoms with Crippen LogP contribution in [0.5, 0.6) is 5.75 Å². The summed E-state index contributed by atoms with van der Waals surface area (Å²) in [5, 5.41) is 5.14. The highest BCUT2D eigenvalue weighted by Crippen LogP contribution is 2.25. The Morgan fingerprint density at radius 2 is 1.49 bits per heavy atom. The van der Waals surface area contributed by atoms with Crippen LogP contribution in [0.4, 0.5) is 5.69 Å². The molecule has 1 aliphatic heterocycles. The number of anilines is 1. The van der Waals surface area contributed by atoms with E-state index < -0.39 is 0 Å². The van der Waals surface area contributed by atoms with Crippen LogP contribution in [0.3, 0.4) is 0 Å². The van der Waals surface area contributed by atoms with Crippen molar-refractivity contribution in [1.29, 1.82) is 0 Å². The van der Waals surface area contributed by atoms with Gasteiger partial charge in [-0.2, -0.15) is 0 Å². The number of unbranched alkanes of at least 4 members (excludes halogenated alkanes) is 11. The Bertz CT molecular complexity index is 920. The van der Waals surface area contributed by atoms with E-state index >= 15 is 0 Å². The molecule has 4 nitrogen and oxygen atoms in total. The quantitative estimate of drug-likeness (QED) is 0.176. The number of nitrogens with zero attached hydrogens (tertiary/aromatic N) is 1. The Morgan fingerprint density at radius 1 is 0.865 bits per heavy atom. The first-order valence-electron chi connectivity index (χ1n) is 13.9. The predicted octanol–water partition coefficient (Wildman–Crippen LogP) is 9.57. The van der Waals surface area contributed by atoms with Crippen LogP contribution in [-0.2, 0) is 6.54 Å². The summed E-state index contributed by atoms with van der Waals surface area (Å²) in [5.74, 6) is 1.61. The average Bonchev–Trinajstić information content (AvgIpc) is 3.41. The van der Waals surface area contributed by atoms with Gasteiger partial charge in [0.2, 0.25) is 0 Å². The molecule has 37 heavy (non-hydrogen) atoms. The van der Waals surface area contributed by atoms with E-state index in [9.17, 15) is 4.79 Å². The van der Waals surface area contributed by atoms with Gasteiger partial charge in [-0.3, -0.25) is 4.79 Å². The minimum Gasteiger partial charge on any atom is -0.491 e. The molecule has 1 N–H and O–H groups in total. The van der Waals surface area contributed by atoms with Crippen molar-refractivity contribution in [2.24, 2.45) is 0 Å². The lowest BCUT2D eigenvalue weighted by Gasteiger charge is -2.15. The highest BCUT2D eigenvalue weighted by molar-refractivity contribution is 8.93. The topological polar surface area (TPSA) is 41.6 Å². The van der Waals surface area contributed by atoms with E-state index in [1.807, 2.05) is 48.5 Å². The first kappa shape index (κ1) is 31.3. The Labute approximate surface area is 239 Å². The van der Waals surface area contributed by atoms with Gasteiger partial charge in [0.25, 0.3) is 5.91 Å². The largest absolute Gasteiger partial charge is 0.491 e. The van der Waals surface area contributed by atoms with Crippen LogP contribution in [0.15, 0.2) is 60.1 Å². The third-order valence-electron chi connectivity index (χ3n) is 6.60. The molecular weight excluding hydrogens is 544 g/mol.